The molecule has 56 heavy (non-hydrogen) atoms. The van der Waals surface area contributed by atoms with Crippen LogP contribution in [0.15, 0.2) is 164 Å². The van der Waals surface area contributed by atoms with Gasteiger partial charge in [-0.3, -0.25) is 0 Å². The Bertz CT molecular complexity index is 2540. The molecule has 1 aliphatic carbocycles. The summed E-state index contributed by atoms with van der Waals surface area (Å²) in [5.41, 5.74) is 7.89. The molecule has 0 spiro atoms. The van der Waals surface area contributed by atoms with E-state index in [1.807, 2.05) is 127 Å². The Hall–Kier alpha value is -7.17. The highest BCUT2D eigenvalue weighted by Crippen LogP contribution is 2.47. The van der Waals surface area contributed by atoms with E-state index in [0.717, 1.165) is 64.6 Å². The van der Waals surface area contributed by atoms with E-state index in [0.29, 0.717) is 40.5 Å². The molecule has 2 heterocycles. The maximum Gasteiger partial charge on any atom is 0.164 e. The van der Waals surface area contributed by atoms with Crippen LogP contribution < -0.4 is 0 Å². The molecular weight excluding hydrogens is 687 g/mol. The summed E-state index contributed by atoms with van der Waals surface area (Å²) in [7, 11) is 0. The fraction of sp³-hybridized carbons (Fsp3) is 0.122. The molecule has 0 N–H and O–H groups in total. The average Bonchev–Trinajstić information content (AvgIpc) is 3.30. The Labute approximate surface area is 326 Å². The van der Waals surface area contributed by atoms with Gasteiger partial charge in [0, 0.05) is 38.8 Å². The molecule has 0 radical (unpaired) electrons. The third kappa shape index (κ3) is 6.85. The lowest BCUT2D eigenvalue weighted by Gasteiger charge is -2.39. The molecule has 7 heteroatoms. The molecule has 0 aliphatic heterocycles. The number of hydrogen-bond donors (Lipinski definition) is 0. The standard InChI is InChI=1S/C49H37N7/c50-33-40-32-39(48-55-45(36-20-10-3-11-21-36)52-46(56-48)37-22-12-4-13-23-37)26-29-42(40)49(30-14-5-15-31-49)41-27-24-38(25-28-41)47-53-43(34-16-6-1-7-17-34)51-44(54-47)35-18-8-2-9-19-35/h1-4,6-13,16-29,32H,5,14-15,30-31H2. The third-order valence-electron chi connectivity index (χ3n) is 10.7. The van der Waals surface area contributed by atoms with Crippen LogP contribution in [0.2, 0.25) is 0 Å². The number of hydrogen-bond acceptors (Lipinski definition) is 7. The van der Waals surface area contributed by atoms with E-state index in [1.54, 1.807) is 0 Å². The lowest BCUT2D eigenvalue weighted by Crippen LogP contribution is -2.31. The summed E-state index contributed by atoms with van der Waals surface area (Å²) in [6, 6.07) is 57.3. The van der Waals surface area contributed by atoms with E-state index in [-0.39, 0.29) is 5.41 Å². The fourth-order valence-corrected chi connectivity index (χ4v) is 7.88. The van der Waals surface area contributed by atoms with Gasteiger partial charge in [-0.2, -0.15) is 5.26 Å². The second-order valence-corrected chi connectivity index (χ2v) is 14.2. The first kappa shape index (κ1) is 34.6. The molecule has 268 valence electrons. The van der Waals surface area contributed by atoms with Crippen LogP contribution in [0.3, 0.4) is 0 Å². The Balaban J connectivity index is 1.11. The number of nitrogens with zero attached hydrogens (tertiary/aromatic N) is 7. The molecule has 0 amide bonds. The smallest absolute Gasteiger partial charge is 0.164 e. The van der Waals surface area contributed by atoms with Crippen molar-refractivity contribution in [2.24, 2.45) is 0 Å². The van der Waals surface area contributed by atoms with Gasteiger partial charge in [0.25, 0.3) is 0 Å². The van der Waals surface area contributed by atoms with E-state index in [1.165, 1.54) is 12.0 Å². The van der Waals surface area contributed by atoms with Gasteiger partial charge < -0.3 is 0 Å². The van der Waals surface area contributed by atoms with Crippen molar-refractivity contribution < 1.29 is 0 Å². The predicted octanol–water partition coefficient (Wildman–Crippen LogP) is 11.2. The summed E-state index contributed by atoms with van der Waals surface area (Å²) in [5, 5.41) is 10.8. The van der Waals surface area contributed by atoms with E-state index in [4.69, 9.17) is 29.9 Å². The summed E-state index contributed by atoms with van der Waals surface area (Å²) in [6.07, 6.45) is 5.23. The van der Waals surface area contributed by atoms with Gasteiger partial charge in [-0.15, -0.1) is 0 Å². The number of rotatable bonds is 8. The maximum atomic E-state index is 10.8. The van der Waals surface area contributed by atoms with Crippen LogP contribution in [0.5, 0.6) is 0 Å². The predicted molar refractivity (Wildman–Crippen MR) is 221 cm³/mol. The van der Waals surface area contributed by atoms with Gasteiger partial charge in [-0.05, 0) is 30.0 Å². The highest BCUT2D eigenvalue weighted by Gasteiger charge is 2.38. The molecule has 1 saturated carbocycles. The zero-order valence-electron chi connectivity index (χ0n) is 30.8. The molecule has 7 nitrogen and oxygen atoms in total. The monoisotopic (exact) mass is 723 g/mol. The largest absolute Gasteiger partial charge is 0.208 e. The first-order chi connectivity index (χ1) is 27.7. The first-order valence-electron chi connectivity index (χ1n) is 19.1. The second-order valence-electron chi connectivity index (χ2n) is 14.2. The van der Waals surface area contributed by atoms with Crippen LogP contribution in [-0.4, -0.2) is 29.9 Å². The van der Waals surface area contributed by atoms with Gasteiger partial charge in [-0.1, -0.05) is 177 Å². The number of benzene rings is 6. The lowest BCUT2D eigenvalue weighted by molar-refractivity contribution is 0.345. The molecule has 0 saturated heterocycles. The second kappa shape index (κ2) is 15.3. The molecule has 0 atom stereocenters. The van der Waals surface area contributed by atoms with Gasteiger partial charge in [-0.25, -0.2) is 29.9 Å². The molecule has 1 aliphatic rings. The van der Waals surface area contributed by atoms with Gasteiger partial charge in [0.05, 0.1) is 11.6 Å². The zero-order valence-corrected chi connectivity index (χ0v) is 30.8. The first-order valence-corrected chi connectivity index (χ1v) is 19.1. The Kier molecular flexibility index (Phi) is 9.44. The van der Waals surface area contributed by atoms with E-state index in [2.05, 4.69) is 42.5 Å². The van der Waals surface area contributed by atoms with Crippen molar-refractivity contribution in [1.29, 1.82) is 5.26 Å². The Morgan fingerprint density at radius 3 is 1.09 bits per heavy atom. The van der Waals surface area contributed by atoms with Crippen molar-refractivity contribution in [2.75, 3.05) is 0 Å². The van der Waals surface area contributed by atoms with Gasteiger partial charge >= 0.3 is 0 Å². The highest BCUT2D eigenvalue weighted by molar-refractivity contribution is 5.70. The fourth-order valence-electron chi connectivity index (χ4n) is 7.88. The van der Waals surface area contributed by atoms with Crippen LogP contribution in [0.1, 0.15) is 48.8 Å². The van der Waals surface area contributed by atoms with E-state index < -0.39 is 0 Å². The minimum atomic E-state index is -0.326. The molecule has 1 fully saturated rings. The summed E-state index contributed by atoms with van der Waals surface area (Å²) in [6.45, 7) is 0. The summed E-state index contributed by atoms with van der Waals surface area (Å²) >= 11 is 0. The molecule has 2 aromatic heterocycles. The summed E-state index contributed by atoms with van der Waals surface area (Å²) in [4.78, 5) is 29.5. The minimum absolute atomic E-state index is 0.326. The summed E-state index contributed by atoms with van der Waals surface area (Å²) in [5.74, 6) is 3.59. The van der Waals surface area contributed by atoms with Crippen molar-refractivity contribution in [2.45, 2.75) is 37.5 Å². The van der Waals surface area contributed by atoms with Crippen LogP contribution in [0, 0.1) is 11.3 Å². The molecule has 8 aromatic rings. The zero-order chi connectivity index (χ0) is 37.7. The molecule has 6 aromatic carbocycles. The van der Waals surface area contributed by atoms with Crippen LogP contribution in [-0.2, 0) is 5.41 Å². The maximum absolute atomic E-state index is 10.8. The number of aromatic nitrogens is 6. The van der Waals surface area contributed by atoms with Crippen molar-refractivity contribution in [3.05, 3.63) is 180 Å². The van der Waals surface area contributed by atoms with Crippen molar-refractivity contribution in [1.82, 2.24) is 29.9 Å². The average molecular weight is 724 g/mol. The topological polar surface area (TPSA) is 101 Å². The lowest BCUT2D eigenvalue weighted by atomic mass is 9.64. The minimum Gasteiger partial charge on any atom is -0.208 e. The normalized spacial score (nSPS) is 13.5. The summed E-state index contributed by atoms with van der Waals surface area (Å²) < 4.78 is 0. The van der Waals surface area contributed by atoms with Gasteiger partial charge in [0.1, 0.15) is 0 Å². The van der Waals surface area contributed by atoms with E-state index in [9.17, 15) is 5.26 Å². The van der Waals surface area contributed by atoms with Crippen molar-refractivity contribution in [3.63, 3.8) is 0 Å². The van der Waals surface area contributed by atoms with Gasteiger partial charge in [0.15, 0.2) is 34.9 Å². The quantitative estimate of drug-likeness (QED) is 0.154. The third-order valence-corrected chi connectivity index (χ3v) is 10.7. The molecule has 9 rings (SSSR count). The molecule has 0 bridgehead atoms. The van der Waals surface area contributed by atoms with Crippen LogP contribution >= 0.6 is 0 Å². The highest BCUT2D eigenvalue weighted by atomic mass is 15.0. The van der Waals surface area contributed by atoms with Crippen LogP contribution in [0.25, 0.3) is 68.3 Å². The number of nitriles is 1. The van der Waals surface area contributed by atoms with Crippen LogP contribution in [0.4, 0.5) is 0 Å². The molecule has 0 unspecified atom stereocenters. The van der Waals surface area contributed by atoms with Crippen molar-refractivity contribution in [3.8, 4) is 74.4 Å². The van der Waals surface area contributed by atoms with E-state index >= 15 is 0 Å². The van der Waals surface area contributed by atoms with Crippen molar-refractivity contribution >= 4 is 0 Å². The SMILES string of the molecule is N#Cc1cc(-c2nc(-c3ccccc3)nc(-c3ccccc3)n2)ccc1C1(c2ccc(-c3nc(-c4ccccc4)nc(-c4ccccc4)n3)cc2)CCCCC1. The Morgan fingerprint density at radius 2 is 0.714 bits per heavy atom. The Morgan fingerprint density at radius 1 is 0.375 bits per heavy atom. The van der Waals surface area contributed by atoms with Gasteiger partial charge in [0.2, 0.25) is 0 Å². The molecular formula is C49H37N7.